The smallest absolute Gasteiger partial charge is 0.142 e. The van der Waals surface area contributed by atoms with Crippen molar-refractivity contribution in [1.29, 1.82) is 5.41 Å². The molecule has 2 aliphatic carbocycles. The van der Waals surface area contributed by atoms with Gasteiger partial charge in [-0.15, -0.1) is 11.3 Å². The molecule has 0 radical (unpaired) electrons. The van der Waals surface area contributed by atoms with Crippen LogP contribution in [0.25, 0.3) is 11.1 Å². The first kappa shape index (κ1) is 17.7. The summed E-state index contributed by atoms with van der Waals surface area (Å²) in [6.07, 6.45) is 6.78. The van der Waals surface area contributed by atoms with E-state index in [0.29, 0.717) is 12.1 Å². The monoisotopic (exact) mass is 365 g/mol. The van der Waals surface area contributed by atoms with Crippen LogP contribution in [0.4, 0.5) is 0 Å². The fourth-order valence-corrected chi connectivity index (χ4v) is 5.22. The Bertz CT molecular complexity index is 817. The molecule has 0 spiro atoms. The minimum absolute atomic E-state index is 0.125. The van der Waals surface area contributed by atoms with Gasteiger partial charge in [0.25, 0.3) is 0 Å². The zero-order valence-corrected chi connectivity index (χ0v) is 16.3. The summed E-state index contributed by atoms with van der Waals surface area (Å²) >= 11 is 1.79. The molecule has 1 unspecified atom stereocenters. The molecule has 2 aliphatic rings. The maximum absolute atomic E-state index is 12.7. The first-order valence-corrected chi connectivity index (χ1v) is 10.8. The summed E-state index contributed by atoms with van der Waals surface area (Å²) in [5.74, 6) is 1.22. The number of hydrogen-bond acceptors (Lipinski definition) is 3. The van der Waals surface area contributed by atoms with E-state index < -0.39 is 0 Å². The van der Waals surface area contributed by atoms with Gasteiger partial charge in [-0.05, 0) is 66.2 Å². The quantitative estimate of drug-likeness (QED) is 0.598. The van der Waals surface area contributed by atoms with E-state index in [4.69, 9.17) is 5.41 Å². The molecule has 1 aromatic carbocycles. The fourth-order valence-electron chi connectivity index (χ4n) is 4.16. The van der Waals surface area contributed by atoms with Gasteiger partial charge in [0.15, 0.2) is 0 Å². The van der Waals surface area contributed by atoms with Crippen LogP contribution in [0.5, 0.6) is 0 Å². The van der Waals surface area contributed by atoms with Crippen LogP contribution >= 0.6 is 11.3 Å². The number of Topliss-reactive ketones (excluding diaryl/α,β-unsaturated/α-hetero) is 1. The molecule has 1 heterocycles. The van der Waals surface area contributed by atoms with E-state index in [1.165, 1.54) is 34.4 Å². The average molecular weight is 366 g/mol. The van der Waals surface area contributed by atoms with Gasteiger partial charge in [-0.1, -0.05) is 37.6 Å². The molecule has 3 heteroatoms. The summed E-state index contributed by atoms with van der Waals surface area (Å²) in [5, 5.41) is 10.5. The summed E-state index contributed by atoms with van der Waals surface area (Å²) < 4.78 is 0. The number of carbonyl (C=O) groups excluding carboxylic acids is 1. The van der Waals surface area contributed by atoms with Crippen LogP contribution < -0.4 is 0 Å². The SMILES string of the molecule is CCCC1C(=N)CC[C@H](c2cc(-c3cccc(C4CC4)c3)cs2)CC1=O. The third kappa shape index (κ3) is 3.68. The zero-order chi connectivity index (χ0) is 18.1. The number of rotatable bonds is 5. The van der Waals surface area contributed by atoms with Crippen molar-refractivity contribution in [1.82, 2.24) is 0 Å². The number of benzene rings is 1. The van der Waals surface area contributed by atoms with Gasteiger partial charge in [0.05, 0.1) is 5.92 Å². The van der Waals surface area contributed by atoms with Crippen molar-refractivity contribution in [2.24, 2.45) is 5.92 Å². The van der Waals surface area contributed by atoms with Gasteiger partial charge in [0.1, 0.15) is 5.78 Å². The Labute approximate surface area is 160 Å². The Balaban J connectivity index is 1.53. The topological polar surface area (TPSA) is 40.9 Å². The number of hydrogen-bond donors (Lipinski definition) is 1. The van der Waals surface area contributed by atoms with Crippen molar-refractivity contribution in [2.75, 3.05) is 0 Å². The van der Waals surface area contributed by atoms with Gasteiger partial charge in [0, 0.05) is 22.9 Å². The highest BCUT2D eigenvalue weighted by Crippen LogP contribution is 2.42. The largest absolute Gasteiger partial charge is 0.309 e. The predicted molar refractivity (Wildman–Crippen MR) is 109 cm³/mol. The third-order valence-corrected chi connectivity index (χ3v) is 6.98. The molecule has 0 saturated heterocycles. The second-order valence-corrected chi connectivity index (χ2v) is 8.85. The molecule has 0 amide bonds. The first-order chi connectivity index (χ1) is 12.7. The van der Waals surface area contributed by atoms with Crippen molar-refractivity contribution in [3.63, 3.8) is 0 Å². The van der Waals surface area contributed by atoms with E-state index in [0.717, 1.165) is 31.6 Å². The highest BCUT2D eigenvalue weighted by molar-refractivity contribution is 7.10. The molecular formula is C23H27NOS. The highest BCUT2D eigenvalue weighted by atomic mass is 32.1. The van der Waals surface area contributed by atoms with Crippen molar-refractivity contribution >= 4 is 22.8 Å². The number of thiophene rings is 1. The van der Waals surface area contributed by atoms with E-state index in [9.17, 15) is 4.79 Å². The van der Waals surface area contributed by atoms with Crippen LogP contribution in [0.1, 0.15) is 74.1 Å². The van der Waals surface area contributed by atoms with Crippen molar-refractivity contribution in [3.05, 3.63) is 46.2 Å². The van der Waals surface area contributed by atoms with Gasteiger partial charge < -0.3 is 5.41 Å². The summed E-state index contributed by atoms with van der Waals surface area (Å²) in [5.41, 5.74) is 4.71. The Kier molecular flexibility index (Phi) is 5.08. The lowest BCUT2D eigenvalue weighted by molar-refractivity contribution is -0.121. The van der Waals surface area contributed by atoms with Gasteiger partial charge in [-0.25, -0.2) is 0 Å². The lowest BCUT2D eigenvalue weighted by atomic mass is 9.91. The van der Waals surface area contributed by atoms with Gasteiger partial charge >= 0.3 is 0 Å². The normalized spacial score (nSPS) is 23.9. The summed E-state index contributed by atoms with van der Waals surface area (Å²) in [6.45, 7) is 2.10. The maximum atomic E-state index is 12.7. The van der Waals surface area contributed by atoms with Crippen LogP contribution in [0.3, 0.4) is 0 Å². The van der Waals surface area contributed by atoms with Gasteiger partial charge in [-0.3, -0.25) is 4.79 Å². The molecule has 2 nitrogen and oxygen atoms in total. The molecule has 136 valence electrons. The van der Waals surface area contributed by atoms with E-state index in [2.05, 4.69) is 42.6 Å². The lowest BCUT2D eigenvalue weighted by Crippen LogP contribution is -2.21. The van der Waals surface area contributed by atoms with Crippen LogP contribution in [0.2, 0.25) is 0 Å². The first-order valence-electron chi connectivity index (χ1n) is 9.94. The fraction of sp³-hybridized carbons (Fsp3) is 0.478. The Morgan fingerprint density at radius 3 is 2.73 bits per heavy atom. The Hall–Kier alpha value is -1.74. The van der Waals surface area contributed by atoms with Crippen molar-refractivity contribution in [3.8, 4) is 11.1 Å². The minimum atomic E-state index is -0.125. The van der Waals surface area contributed by atoms with E-state index in [1.807, 2.05) is 0 Å². The molecular weight excluding hydrogens is 338 g/mol. The third-order valence-electron chi connectivity index (χ3n) is 5.89. The average Bonchev–Trinajstić information content (AvgIpc) is 3.41. The molecule has 2 atom stereocenters. The number of nitrogens with one attached hydrogen (secondary N) is 1. The number of carbonyl (C=O) groups is 1. The summed E-state index contributed by atoms with van der Waals surface area (Å²) in [7, 11) is 0. The maximum Gasteiger partial charge on any atom is 0.142 e. The molecule has 2 fully saturated rings. The highest BCUT2D eigenvalue weighted by Gasteiger charge is 2.30. The predicted octanol–water partition coefficient (Wildman–Crippen LogP) is 6.57. The molecule has 26 heavy (non-hydrogen) atoms. The molecule has 4 rings (SSSR count). The van der Waals surface area contributed by atoms with Crippen LogP contribution in [0, 0.1) is 11.3 Å². The molecule has 2 aromatic rings. The van der Waals surface area contributed by atoms with Gasteiger partial charge in [0.2, 0.25) is 0 Å². The molecule has 1 N–H and O–H groups in total. The lowest BCUT2D eigenvalue weighted by Gasteiger charge is -2.13. The number of ketones is 1. The summed E-state index contributed by atoms with van der Waals surface area (Å²) in [6, 6.07) is 11.3. The zero-order valence-electron chi connectivity index (χ0n) is 15.5. The second-order valence-electron chi connectivity index (χ2n) is 7.91. The van der Waals surface area contributed by atoms with Crippen LogP contribution in [-0.4, -0.2) is 11.5 Å². The molecule has 1 aromatic heterocycles. The Morgan fingerprint density at radius 2 is 1.96 bits per heavy atom. The summed E-state index contributed by atoms with van der Waals surface area (Å²) in [4.78, 5) is 14.0. The van der Waals surface area contributed by atoms with E-state index >= 15 is 0 Å². The van der Waals surface area contributed by atoms with Crippen molar-refractivity contribution in [2.45, 2.75) is 63.7 Å². The van der Waals surface area contributed by atoms with Gasteiger partial charge in [-0.2, -0.15) is 0 Å². The van der Waals surface area contributed by atoms with E-state index in [1.54, 1.807) is 11.3 Å². The van der Waals surface area contributed by atoms with Crippen LogP contribution in [0.15, 0.2) is 35.7 Å². The molecule has 2 saturated carbocycles. The second kappa shape index (κ2) is 7.48. The minimum Gasteiger partial charge on any atom is -0.309 e. The molecule has 0 bridgehead atoms. The van der Waals surface area contributed by atoms with E-state index in [-0.39, 0.29) is 17.6 Å². The Morgan fingerprint density at radius 1 is 1.12 bits per heavy atom. The molecule has 0 aliphatic heterocycles. The standard InChI is InChI=1S/C23H27NOS/c1-2-4-20-21(24)10-9-18(12-22(20)25)23-13-19(14-26-23)17-6-3-5-16(11-17)15-7-8-15/h3,5-6,11,13-15,18,20,24H,2,4,7-10,12H2,1H3/t18-,20?/m0/s1. The van der Waals surface area contributed by atoms with Crippen LogP contribution in [-0.2, 0) is 4.79 Å². The van der Waals surface area contributed by atoms with Crippen molar-refractivity contribution < 1.29 is 4.79 Å².